The topological polar surface area (TPSA) is 22.1 Å². The van der Waals surface area contributed by atoms with Crippen LogP contribution >= 0.6 is 0 Å². The molecule has 0 spiro atoms. The minimum atomic E-state index is -5.61. The van der Waals surface area contributed by atoms with Crippen molar-refractivity contribution in [2.45, 2.75) is 19.0 Å². The van der Waals surface area contributed by atoms with Crippen LogP contribution in [0.4, 0.5) is 22.0 Å². The maximum atomic E-state index is 12.4. The van der Waals surface area contributed by atoms with Gasteiger partial charge >= 0.3 is 12.1 Å². The van der Waals surface area contributed by atoms with Crippen LogP contribution in [0.5, 0.6) is 5.75 Å². The Bertz CT molecular complexity index is 346. The second kappa shape index (κ2) is 4.23. The van der Waals surface area contributed by atoms with Gasteiger partial charge in [-0.2, -0.15) is 22.0 Å². The van der Waals surface area contributed by atoms with Crippen LogP contribution in [0.25, 0.3) is 0 Å². The Morgan fingerprint density at radius 2 is 1.81 bits per heavy atom. The molecule has 7 heteroatoms. The smallest absolute Gasteiger partial charge is 0.456 e. The number of nitrogens with zero attached hydrogens (tertiary/aromatic N) is 1. The largest absolute Gasteiger partial charge is 0.485 e. The molecule has 0 fully saturated rings. The van der Waals surface area contributed by atoms with Crippen molar-refractivity contribution in [3.05, 3.63) is 24.0 Å². The van der Waals surface area contributed by atoms with Crippen LogP contribution in [0, 0.1) is 6.92 Å². The highest BCUT2D eigenvalue weighted by Gasteiger charge is 2.58. The minimum Gasteiger partial charge on any atom is -0.485 e. The Balaban J connectivity index is 2.61. The molecular weight excluding hydrogens is 233 g/mol. The molecule has 0 radical (unpaired) electrons. The van der Waals surface area contributed by atoms with Gasteiger partial charge in [-0.15, -0.1) is 0 Å². The van der Waals surface area contributed by atoms with Crippen molar-refractivity contribution in [2.24, 2.45) is 0 Å². The number of pyridine rings is 1. The molecule has 0 saturated carbocycles. The monoisotopic (exact) mass is 241 g/mol. The highest BCUT2D eigenvalue weighted by Crippen LogP contribution is 2.35. The summed E-state index contributed by atoms with van der Waals surface area (Å²) in [5.74, 6) is -4.99. The summed E-state index contributed by atoms with van der Waals surface area (Å²) < 4.78 is 64.4. The molecule has 0 atom stereocenters. The molecule has 1 heterocycles. The number of hydrogen-bond donors (Lipinski definition) is 0. The number of hydrogen-bond acceptors (Lipinski definition) is 2. The summed E-state index contributed by atoms with van der Waals surface area (Å²) in [7, 11) is 0. The average Bonchev–Trinajstić information content (AvgIpc) is 2.15. The van der Waals surface area contributed by atoms with Gasteiger partial charge in [0.25, 0.3) is 0 Å². The lowest BCUT2D eigenvalue weighted by molar-refractivity contribution is -0.290. The average molecular weight is 241 g/mol. The standard InChI is InChI=1S/C9H8F5NO/c1-6-2-3-7(4-15-6)16-5-8(10,11)9(12,13)14/h2-4H,5H2,1H3. The van der Waals surface area contributed by atoms with Crippen molar-refractivity contribution < 1.29 is 26.7 Å². The molecule has 0 amide bonds. The lowest BCUT2D eigenvalue weighted by atomic mass is 10.3. The molecule has 0 bridgehead atoms. The molecule has 2 nitrogen and oxygen atoms in total. The Hall–Kier alpha value is -1.40. The summed E-state index contributed by atoms with van der Waals surface area (Å²) in [4.78, 5) is 3.69. The molecule has 1 rings (SSSR count). The first-order valence-electron chi connectivity index (χ1n) is 4.22. The maximum absolute atomic E-state index is 12.4. The van der Waals surface area contributed by atoms with Crippen LogP contribution in [0.2, 0.25) is 0 Å². The maximum Gasteiger partial charge on any atom is 0.456 e. The Labute approximate surface area is 88.1 Å². The molecule has 0 aliphatic rings. The molecule has 90 valence electrons. The molecule has 0 aliphatic heterocycles. The van der Waals surface area contributed by atoms with Crippen molar-refractivity contribution in [3.8, 4) is 5.75 Å². The fourth-order valence-corrected chi connectivity index (χ4v) is 0.795. The van der Waals surface area contributed by atoms with Crippen molar-refractivity contribution in [3.63, 3.8) is 0 Å². The van der Waals surface area contributed by atoms with Crippen molar-refractivity contribution in [1.82, 2.24) is 4.98 Å². The van der Waals surface area contributed by atoms with E-state index in [-0.39, 0.29) is 5.75 Å². The minimum absolute atomic E-state index is 0.130. The number of rotatable bonds is 3. The van der Waals surface area contributed by atoms with E-state index in [1.807, 2.05) is 0 Å². The summed E-state index contributed by atoms with van der Waals surface area (Å²) >= 11 is 0. The van der Waals surface area contributed by atoms with E-state index in [0.29, 0.717) is 5.69 Å². The predicted octanol–water partition coefficient (Wildman–Crippen LogP) is 2.97. The summed E-state index contributed by atoms with van der Waals surface area (Å²) in [6, 6.07) is 2.72. The summed E-state index contributed by atoms with van der Waals surface area (Å²) in [6.45, 7) is -0.102. The van der Waals surface area contributed by atoms with E-state index < -0.39 is 18.7 Å². The van der Waals surface area contributed by atoms with Gasteiger partial charge in [-0.3, -0.25) is 4.98 Å². The van der Waals surface area contributed by atoms with E-state index in [1.54, 1.807) is 6.92 Å². The van der Waals surface area contributed by atoms with Crippen LogP contribution < -0.4 is 4.74 Å². The van der Waals surface area contributed by atoms with E-state index in [2.05, 4.69) is 9.72 Å². The van der Waals surface area contributed by atoms with Gasteiger partial charge in [-0.1, -0.05) is 0 Å². The van der Waals surface area contributed by atoms with Crippen molar-refractivity contribution in [2.75, 3.05) is 6.61 Å². The quantitative estimate of drug-likeness (QED) is 0.759. The number of ether oxygens (including phenoxy) is 1. The second-order valence-electron chi connectivity index (χ2n) is 3.13. The van der Waals surface area contributed by atoms with Gasteiger partial charge in [0.2, 0.25) is 0 Å². The normalized spacial score (nSPS) is 12.6. The van der Waals surface area contributed by atoms with Crippen molar-refractivity contribution >= 4 is 0 Å². The third kappa shape index (κ3) is 3.04. The first kappa shape index (κ1) is 12.7. The Morgan fingerprint density at radius 1 is 1.19 bits per heavy atom. The molecule has 16 heavy (non-hydrogen) atoms. The fourth-order valence-electron chi connectivity index (χ4n) is 0.795. The Morgan fingerprint density at radius 3 is 2.25 bits per heavy atom. The van der Waals surface area contributed by atoms with E-state index >= 15 is 0 Å². The zero-order valence-electron chi connectivity index (χ0n) is 8.18. The summed E-state index contributed by atoms with van der Waals surface area (Å²) in [5.41, 5.74) is 0.606. The lowest BCUT2D eigenvalue weighted by Crippen LogP contribution is -2.41. The SMILES string of the molecule is Cc1ccc(OCC(F)(F)C(F)(F)F)cn1. The fraction of sp³-hybridized carbons (Fsp3) is 0.444. The second-order valence-corrected chi connectivity index (χ2v) is 3.13. The molecule has 0 saturated heterocycles. The van der Waals surface area contributed by atoms with Crippen molar-refractivity contribution in [1.29, 1.82) is 0 Å². The summed E-state index contributed by atoms with van der Waals surface area (Å²) in [6.07, 6.45) is -4.52. The van der Waals surface area contributed by atoms with E-state index in [1.165, 1.54) is 12.1 Å². The molecular formula is C9H8F5NO. The van der Waals surface area contributed by atoms with Crippen LogP contribution in [0.15, 0.2) is 18.3 Å². The van der Waals surface area contributed by atoms with E-state index in [9.17, 15) is 22.0 Å². The molecule has 1 aromatic rings. The first-order valence-corrected chi connectivity index (χ1v) is 4.22. The van der Waals surface area contributed by atoms with Gasteiger partial charge in [-0.25, -0.2) is 0 Å². The zero-order chi connectivity index (χ0) is 12.4. The highest BCUT2D eigenvalue weighted by atomic mass is 19.4. The molecule has 0 aromatic carbocycles. The Kier molecular flexibility index (Phi) is 3.35. The molecule has 0 aliphatic carbocycles. The molecule has 0 N–H and O–H groups in total. The van der Waals surface area contributed by atoms with Crippen LogP contribution in [-0.4, -0.2) is 23.7 Å². The van der Waals surface area contributed by atoms with E-state index in [0.717, 1.165) is 6.20 Å². The summed E-state index contributed by atoms with van der Waals surface area (Å²) in [5, 5.41) is 0. The number of alkyl halides is 5. The van der Waals surface area contributed by atoms with Gasteiger partial charge < -0.3 is 4.74 Å². The third-order valence-corrected chi connectivity index (χ3v) is 1.72. The van der Waals surface area contributed by atoms with Gasteiger partial charge in [0.05, 0.1) is 6.20 Å². The number of aromatic nitrogens is 1. The van der Waals surface area contributed by atoms with Crippen LogP contribution in [0.1, 0.15) is 5.69 Å². The first-order chi connectivity index (χ1) is 7.22. The lowest BCUT2D eigenvalue weighted by Gasteiger charge is -2.19. The number of halogens is 5. The number of aryl methyl sites for hydroxylation is 1. The van der Waals surface area contributed by atoms with Gasteiger partial charge in [0.15, 0.2) is 6.61 Å². The molecule has 1 aromatic heterocycles. The predicted molar refractivity (Wildman–Crippen MR) is 45.5 cm³/mol. The van der Waals surface area contributed by atoms with Gasteiger partial charge in [-0.05, 0) is 19.1 Å². The zero-order valence-corrected chi connectivity index (χ0v) is 8.18. The van der Waals surface area contributed by atoms with Gasteiger partial charge in [0.1, 0.15) is 5.75 Å². The van der Waals surface area contributed by atoms with E-state index in [4.69, 9.17) is 0 Å². The highest BCUT2D eigenvalue weighted by molar-refractivity contribution is 5.19. The van der Waals surface area contributed by atoms with Crippen LogP contribution in [-0.2, 0) is 0 Å². The molecule has 0 unspecified atom stereocenters. The van der Waals surface area contributed by atoms with Crippen LogP contribution in [0.3, 0.4) is 0 Å². The third-order valence-electron chi connectivity index (χ3n) is 1.72. The van der Waals surface area contributed by atoms with Gasteiger partial charge in [0, 0.05) is 5.69 Å².